The lowest BCUT2D eigenvalue weighted by molar-refractivity contribution is -0.133. The van der Waals surface area contributed by atoms with Crippen LogP contribution in [0.3, 0.4) is 0 Å². The summed E-state index contributed by atoms with van der Waals surface area (Å²) in [6.07, 6.45) is 0. The summed E-state index contributed by atoms with van der Waals surface area (Å²) in [4.78, 5) is 16.8. The largest absolute Gasteiger partial charge is 0.474 e. The molecule has 0 radical (unpaired) electrons. The first-order valence-corrected chi connectivity index (χ1v) is 10.1. The molecule has 2 heterocycles. The number of hydrogen-bond acceptors (Lipinski definition) is 7. The SMILES string of the molecule is CC(C)(O)C(NC(=O)Nc1cc2[nH]nc(OCCOC(F)F)c2c(CO)n1)c1ccc(F)cc1. The Kier molecular flexibility index (Phi) is 7.91. The van der Waals surface area contributed by atoms with Crippen molar-refractivity contribution < 1.29 is 37.7 Å². The van der Waals surface area contributed by atoms with Gasteiger partial charge in [0.2, 0.25) is 5.88 Å². The van der Waals surface area contributed by atoms with E-state index < -0.39 is 36.7 Å². The molecule has 3 aromatic rings. The second-order valence-electron chi connectivity index (χ2n) is 7.78. The number of alkyl halides is 2. The third kappa shape index (κ3) is 6.34. The molecule has 3 rings (SSSR count). The number of ether oxygens (including phenoxy) is 2. The van der Waals surface area contributed by atoms with Crippen molar-refractivity contribution in [2.24, 2.45) is 0 Å². The highest BCUT2D eigenvalue weighted by Gasteiger charge is 2.30. The molecule has 0 aliphatic heterocycles. The fraction of sp³-hybridized carbons (Fsp3) is 0.381. The molecular weight excluding hydrogens is 459 g/mol. The molecule has 184 valence electrons. The minimum atomic E-state index is -2.92. The van der Waals surface area contributed by atoms with E-state index in [1.807, 2.05) is 0 Å². The van der Waals surface area contributed by atoms with Gasteiger partial charge in [0.15, 0.2) is 0 Å². The lowest BCUT2D eigenvalue weighted by Crippen LogP contribution is -2.44. The Morgan fingerprint density at radius 3 is 2.56 bits per heavy atom. The van der Waals surface area contributed by atoms with Gasteiger partial charge in [-0.15, -0.1) is 5.10 Å². The van der Waals surface area contributed by atoms with Crippen LogP contribution in [0.2, 0.25) is 0 Å². The van der Waals surface area contributed by atoms with Crippen LogP contribution in [0, 0.1) is 5.82 Å². The molecule has 0 saturated carbocycles. The zero-order valence-electron chi connectivity index (χ0n) is 18.3. The molecule has 1 aromatic carbocycles. The lowest BCUT2D eigenvalue weighted by Gasteiger charge is -2.30. The Balaban J connectivity index is 1.75. The number of aromatic nitrogens is 3. The number of aromatic amines is 1. The first-order valence-electron chi connectivity index (χ1n) is 10.1. The third-order valence-electron chi connectivity index (χ3n) is 4.73. The van der Waals surface area contributed by atoms with Crippen LogP contribution in [0.25, 0.3) is 10.9 Å². The van der Waals surface area contributed by atoms with Gasteiger partial charge in [-0.2, -0.15) is 8.78 Å². The highest BCUT2D eigenvalue weighted by Crippen LogP contribution is 2.29. The smallest absolute Gasteiger partial charge is 0.345 e. The maximum absolute atomic E-state index is 13.3. The summed E-state index contributed by atoms with van der Waals surface area (Å²) in [6.45, 7) is -1.04. The number of nitrogens with zero attached hydrogens (tertiary/aromatic N) is 2. The second-order valence-corrected chi connectivity index (χ2v) is 7.78. The number of carbonyl (C=O) groups is 1. The number of H-pyrrole nitrogens is 1. The first-order chi connectivity index (χ1) is 16.1. The van der Waals surface area contributed by atoms with Gasteiger partial charge in [0.1, 0.15) is 18.2 Å². The fourth-order valence-corrected chi connectivity index (χ4v) is 3.26. The minimum absolute atomic E-state index is 0.0267. The van der Waals surface area contributed by atoms with Gasteiger partial charge < -0.3 is 25.0 Å². The summed E-state index contributed by atoms with van der Waals surface area (Å²) >= 11 is 0. The molecule has 0 fully saturated rings. The number of pyridine rings is 1. The van der Waals surface area contributed by atoms with E-state index in [4.69, 9.17) is 4.74 Å². The van der Waals surface area contributed by atoms with Crippen LogP contribution < -0.4 is 15.4 Å². The van der Waals surface area contributed by atoms with Gasteiger partial charge in [-0.25, -0.2) is 14.2 Å². The summed E-state index contributed by atoms with van der Waals surface area (Å²) in [5.74, 6) is -0.376. The van der Waals surface area contributed by atoms with Crippen LogP contribution in [0.5, 0.6) is 5.88 Å². The standard InChI is InChI=1S/C21H24F3N5O5/c1-21(2,32)17(11-3-5-12(22)6-4-11)27-20(31)26-15-9-13-16(14(10-30)25-15)18(29-28-13)33-7-8-34-19(23)24/h3-6,9,17,19,30,32H,7-8,10H2,1-2H3,(H,28,29)(H2,25,26,27,31). The Morgan fingerprint density at radius 2 is 1.94 bits per heavy atom. The number of fused-ring (bicyclic) bond motifs is 1. The predicted molar refractivity (Wildman–Crippen MR) is 115 cm³/mol. The van der Waals surface area contributed by atoms with Crippen molar-refractivity contribution in [1.29, 1.82) is 0 Å². The van der Waals surface area contributed by atoms with Crippen molar-refractivity contribution in [3.63, 3.8) is 0 Å². The molecule has 0 aliphatic carbocycles. The number of benzene rings is 1. The third-order valence-corrected chi connectivity index (χ3v) is 4.73. The number of urea groups is 1. The zero-order valence-corrected chi connectivity index (χ0v) is 18.3. The van der Waals surface area contributed by atoms with Crippen molar-refractivity contribution in [1.82, 2.24) is 20.5 Å². The average molecular weight is 483 g/mol. The number of amides is 2. The van der Waals surface area contributed by atoms with Gasteiger partial charge in [-0.05, 0) is 31.5 Å². The zero-order chi connectivity index (χ0) is 24.9. The first kappa shape index (κ1) is 25.2. The van der Waals surface area contributed by atoms with Crippen molar-refractivity contribution in [2.75, 3.05) is 18.5 Å². The molecular formula is C21H24F3N5O5. The van der Waals surface area contributed by atoms with Gasteiger partial charge >= 0.3 is 12.6 Å². The van der Waals surface area contributed by atoms with Crippen molar-refractivity contribution in [2.45, 2.75) is 38.7 Å². The monoisotopic (exact) mass is 483 g/mol. The number of aliphatic hydroxyl groups is 2. The van der Waals surface area contributed by atoms with E-state index in [0.717, 1.165) is 0 Å². The quantitative estimate of drug-likeness (QED) is 0.279. The Hall–Kier alpha value is -3.42. The van der Waals surface area contributed by atoms with Gasteiger partial charge in [0, 0.05) is 6.07 Å². The number of aliphatic hydroxyl groups excluding tert-OH is 1. The van der Waals surface area contributed by atoms with Gasteiger partial charge in [0.05, 0.1) is 41.5 Å². The molecule has 2 aromatic heterocycles. The van der Waals surface area contributed by atoms with Crippen LogP contribution in [-0.2, 0) is 11.3 Å². The van der Waals surface area contributed by atoms with E-state index in [-0.39, 0.29) is 30.6 Å². The molecule has 0 saturated heterocycles. The van der Waals surface area contributed by atoms with E-state index in [1.165, 1.54) is 44.2 Å². The number of rotatable bonds is 10. The molecule has 2 amide bonds. The molecule has 0 bridgehead atoms. The maximum atomic E-state index is 13.3. The molecule has 1 unspecified atom stereocenters. The van der Waals surface area contributed by atoms with E-state index in [2.05, 4.69) is 30.6 Å². The van der Waals surface area contributed by atoms with Gasteiger partial charge in [-0.3, -0.25) is 10.4 Å². The van der Waals surface area contributed by atoms with Crippen LogP contribution in [0.1, 0.15) is 31.1 Å². The van der Waals surface area contributed by atoms with Crippen LogP contribution in [0.4, 0.5) is 23.8 Å². The van der Waals surface area contributed by atoms with Crippen LogP contribution in [0.15, 0.2) is 30.3 Å². The maximum Gasteiger partial charge on any atom is 0.345 e. The highest BCUT2D eigenvalue weighted by atomic mass is 19.3. The van der Waals surface area contributed by atoms with Crippen molar-refractivity contribution in [3.05, 3.63) is 47.4 Å². The average Bonchev–Trinajstić information content (AvgIpc) is 3.17. The highest BCUT2D eigenvalue weighted by molar-refractivity contribution is 5.93. The Bertz CT molecular complexity index is 1120. The number of carbonyl (C=O) groups excluding carboxylic acids is 1. The number of nitrogens with one attached hydrogen (secondary N) is 3. The topological polar surface area (TPSA) is 142 Å². The van der Waals surface area contributed by atoms with E-state index in [9.17, 15) is 28.2 Å². The normalized spacial score (nSPS) is 12.7. The lowest BCUT2D eigenvalue weighted by atomic mass is 9.92. The summed E-state index contributed by atoms with van der Waals surface area (Å²) < 4.78 is 46.8. The molecule has 13 heteroatoms. The fourth-order valence-electron chi connectivity index (χ4n) is 3.26. The Labute approximate surface area is 192 Å². The van der Waals surface area contributed by atoms with E-state index >= 15 is 0 Å². The van der Waals surface area contributed by atoms with Crippen LogP contribution >= 0.6 is 0 Å². The predicted octanol–water partition coefficient (Wildman–Crippen LogP) is 2.84. The summed E-state index contributed by atoms with van der Waals surface area (Å²) in [5, 5.41) is 32.3. The van der Waals surface area contributed by atoms with Crippen LogP contribution in [-0.4, -0.2) is 56.9 Å². The van der Waals surface area contributed by atoms with E-state index in [1.54, 1.807) is 0 Å². The summed E-state index contributed by atoms with van der Waals surface area (Å²) in [7, 11) is 0. The number of hydrogen-bond donors (Lipinski definition) is 5. The molecule has 34 heavy (non-hydrogen) atoms. The van der Waals surface area contributed by atoms with E-state index in [0.29, 0.717) is 16.5 Å². The molecule has 0 aliphatic rings. The summed E-state index contributed by atoms with van der Waals surface area (Å²) in [5.41, 5.74) is -0.429. The second kappa shape index (κ2) is 10.7. The molecule has 5 N–H and O–H groups in total. The van der Waals surface area contributed by atoms with Gasteiger partial charge in [0.25, 0.3) is 0 Å². The molecule has 10 nitrogen and oxygen atoms in total. The van der Waals surface area contributed by atoms with Crippen molar-refractivity contribution >= 4 is 22.8 Å². The Morgan fingerprint density at radius 1 is 1.24 bits per heavy atom. The number of halogens is 3. The van der Waals surface area contributed by atoms with Crippen molar-refractivity contribution in [3.8, 4) is 5.88 Å². The molecule has 0 spiro atoms. The van der Waals surface area contributed by atoms with Gasteiger partial charge in [-0.1, -0.05) is 12.1 Å². The molecule has 1 atom stereocenters. The number of anilines is 1. The summed E-state index contributed by atoms with van der Waals surface area (Å²) in [6, 6.07) is 5.17. The minimum Gasteiger partial charge on any atom is -0.474 e.